The lowest BCUT2D eigenvalue weighted by molar-refractivity contribution is 1.23. The third-order valence-electron chi connectivity index (χ3n) is 11.1. The minimum Gasteiger partial charge on any atom is -0.307 e. The summed E-state index contributed by atoms with van der Waals surface area (Å²) < 4.78 is 0. The number of hydrogen-bond donors (Lipinski definition) is 0. The minimum atomic E-state index is 1.02. The third-order valence-corrected chi connectivity index (χ3v) is 11.1. The molecule has 8 aromatic carbocycles. The monoisotopic (exact) mass is 694 g/mol. The van der Waals surface area contributed by atoms with Gasteiger partial charge in [0, 0.05) is 33.9 Å². The normalized spacial score (nSPS) is 11.7. The summed E-state index contributed by atoms with van der Waals surface area (Å²) >= 11 is 0. The van der Waals surface area contributed by atoms with Crippen LogP contribution in [0.2, 0.25) is 0 Å². The van der Waals surface area contributed by atoms with E-state index < -0.39 is 0 Å². The van der Waals surface area contributed by atoms with E-state index >= 15 is 0 Å². The Morgan fingerprint density at radius 1 is 0.389 bits per heavy atom. The first-order chi connectivity index (χ1) is 26.4. The lowest BCUT2D eigenvalue weighted by Gasteiger charge is -2.31. The van der Waals surface area contributed by atoms with Crippen LogP contribution in [0.1, 0.15) is 22.3 Å². The molecular formula is C50H38N4. The van der Waals surface area contributed by atoms with Gasteiger partial charge in [-0.05, 0) is 120 Å². The van der Waals surface area contributed by atoms with E-state index in [-0.39, 0.29) is 0 Å². The van der Waals surface area contributed by atoms with Gasteiger partial charge in [-0.25, -0.2) is 0 Å². The molecule has 0 aliphatic carbocycles. The van der Waals surface area contributed by atoms with Crippen molar-refractivity contribution in [2.75, 3.05) is 9.80 Å². The molecule has 2 aromatic heterocycles. The Balaban J connectivity index is 1.28. The number of fused-ring (bicyclic) bond motifs is 2. The zero-order chi connectivity index (χ0) is 36.5. The maximum atomic E-state index is 4.62. The predicted molar refractivity (Wildman–Crippen MR) is 229 cm³/mol. The minimum absolute atomic E-state index is 1.02. The standard InChI is InChI=1S/C50H38N4/c1-31-9-13-35-15-11-33(3)49(43(35)27-31)53(39-7-5-25-51-29-39)45-23-19-37-18-22-42-46(24-20-38-17-21-41(45)47(37)48(38)42)54(40-8-6-26-52-30-40)50-34(4)12-16-36-14-10-32(2)28-44(36)50/h5-30H,1-4H3. The summed E-state index contributed by atoms with van der Waals surface area (Å²) in [6.45, 7) is 8.77. The number of pyridine rings is 2. The van der Waals surface area contributed by atoms with Crippen LogP contribution in [0.25, 0.3) is 53.9 Å². The number of benzene rings is 8. The van der Waals surface area contributed by atoms with Gasteiger partial charge in [-0.15, -0.1) is 0 Å². The van der Waals surface area contributed by atoms with Crippen LogP contribution in [0.4, 0.5) is 34.1 Å². The molecule has 2 heterocycles. The molecule has 4 nitrogen and oxygen atoms in total. The Morgan fingerprint density at radius 2 is 0.796 bits per heavy atom. The Hall–Kier alpha value is -6.78. The highest BCUT2D eigenvalue weighted by Crippen LogP contribution is 2.50. The molecule has 0 aliphatic rings. The second-order valence-electron chi connectivity index (χ2n) is 14.6. The summed E-state index contributed by atoms with van der Waals surface area (Å²) in [4.78, 5) is 14.1. The first-order valence-corrected chi connectivity index (χ1v) is 18.6. The molecule has 0 bridgehead atoms. The van der Waals surface area contributed by atoms with E-state index in [1.54, 1.807) is 0 Å². The highest BCUT2D eigenvalue weighted by atomic mass is 15.2. The largest absolute Gasteiger partial charge is 0.307 e. The maximum absolute atomic E-state index is 4.62. The summed E-state index contributed by atoms with van der Waals surface area (Å²) in [6.07, 6.45) is 7.65. The number of hydrogen-bond acceptors (Lipinski definition) is 4. The van der Waals surface area contributed by atoms with Crippen molar-refractivity contribution < 1.29 is 0 Å². The molecule has 54 heavy (non-hydrogen) atoms. The van der Waals surface area contributed by atoms with Crippen molar-refractivity contribution in [1.29, 1.82) is 0 Å². The summed E-state index contributed by atoms with van der Waals surface area (Å²) in [7, 11) is 0. The van der Waals surface area contributed by atoms with Crippen LogP contribution < -0.4 is 9.80 Å². The second-order valence-corrected chi connectivity index (χ2v) is 14.6. The number of rotatable bonds is 6. The highest BCUT2D eigenvalue weighted by Gasteiger charge is 2.25. The lowest BCUT2D eigenvalue weighted by atomic mass is 9.91. The van der Waals surface area contributed by atoms with Crippen LogP contribution in [0.5, 0.6) is 0 Å². The summed E-state index contributed by atoms with van der Waals surface area (Å²) in [5.74, 6) is 0. The molecule has 10 aromatic rings. The number of aromatic nitrogens is 2. The van der Waals surface area contributed by atoms with Gasteiger partial charge in [0.05, 0.1) is 46.5 Å². The zero-order valence-corrected chi connectivity index (χ0v) is 30.8. The van der Waals surface area contributed by atoms with Crippen molar-refractivity contribution in [3.05, 3.63) is 181 Å². The quantitative estimate of drug-likeness (QED) is 0.162. The van der Waals surface area contributed by atoms with Crippen molar-refractivity contribution in [2.24, 2.45) is 0 Å². The van der Waals surface area contributed by atoms with Crippen molar-refractivity contribution in [3.63, 3.8) is 0 Å². The Morgan fingerprint density at radius 3 is 1.22 bits per heavy atom. The van der Waals surface area contributed by atoms with E-state index in [1.165, 1.54) is 87.5 Å². The Kier molecular flexibility index (Phi) is 7.34. The first-order valence-electron chi connectivity index (χ1n) is 18.6. The van der Waals surface area contributed by atoms with Crippen molar-refractivity contribution in [1.82, 2.24) is 9.97 Å². The van der Waals surface area contributed by atoms with Gasteiger partial charge < -0.3 is 9.80 Å². The lowest BCUT2D eigenvalue weighted by Crippen LogP contribution is -2.13. The topological polar surface area (TPSA) is 32.3 Å². The van der Waals surface area contributed by atoms with Gasteiger partial charge in [0.25, 0.3) is 0 Å². The summed E-state index contributed by atoms with van der Waals surface area (Å²) in [5.41, 5.74) is 11.5. The molecule has 10 rings (SSSR count). The van der Waals surface area contributed by atoms with Gasteiger partial charge in [0.2, 0.25) is 0 Å². The maximum Gasteiger partial charge on any atom is 0.0645 e. The zero-order valence-electron chi connectivity index (χ0n) is 30.8. The van der Waals surface area contributed by atoms with Gasteiger partial charge in [0.15, 0.2) is 0 Å². The Bertz CT molecular complexity index is 2820. The molecule has 0 fully saturated rings. The molecule has 0 saturated heterocycles. The molecular weight excluding hydrogens is 657 g/mol. The Labute approximate surface area is 314 Å². The molecule has 4 heteroatoms. The highest BCUT2D eigenvalue weighted by molar-refractivity contribution is 6.28. The molecule has 0 spiro atoms. The van der Waals surface area contributed by atoms with E-state index in [2.05, 4.69) is 169 Å². The molecule has 258 valence electrons. The van der Waals surface area contributed by atoms with E-state index in [4.69, 9.17) is 0 Å². The molecule has 0 N–H and O–H groups in total. The molecule has 0 aliphatic heterocycles. The van der Waals surface area contributed by atoms with Gasteiger partial charge in [-0.1, -0.05) is 96.1 Å². The molecule has 0 amide bonds. The van der Waals surface area contributed by atoms with Crippen LogP contribution in [-0.2, 0) is 0 Å². The average molecular weight is 695 g/mol. The number of anilines is 6. The van der Waals surface area contributed by atoms with E-state index in [0.717, 1.165) is 22.7 Å². The molecule has 0 saturated carbocycles. The van der Waals surface area contributed by atoms with E-state index in [1.807, 2.05) is 36.9 Å². The third kappa shape index (κ3) is 4.98. The fourth-order valence-corrected chi connectivity index (χ4v) is 8.56. The average Bonchev–Trinajstić information content (AvgIpc) is 3.20. The molecule has 0 unspecified atom stereocenters. The van der Waals surface area contributed by atoms with Crippen LogP contribution in [-0.4, -0.2) is 9.97 Å². The van der Waals surface area contributed by atoms with Crippen LogP contribution in [0.15, 0.2) is 158 Å². The van der Waals surface area contributed by atoms with Crippen molar-refractivity contribution in [3.8, 4) is 0 Å². The van der Waals surface area contributed by atoms with Gasteiger partial charge >= 0.3 is 0 Å². The van der Waals surface area contributed by atoms with E-state index in [9.17, 15) is 0 Å². The van der Waals surface area contributed by atoms with Gasteiger partial charge in [-0.2, -0.15) is 0 Å². The van der Waals surface area contributed by atoms with Crippen molar-refractivity contribution >= 4 is 88.0 Å². The second kappa shape index (κ2) is 12.4. The fraction of sp³-hybridized carbons (Fsp3) is 0.0800. The first kappa shape index (κ1) is 31.9. The summed E-state index contributed by atoms with van der Waals surface area (Å²) in [6, 6.07) is 49.1. The van der Waals surface area contributed by atoms with Gasteiger partial charge in [-0.3, -0.25) is 9.97 Å². The predicted octanol–water partition coefficient (Wildman–Crippen LogP) is 13.9. The smallest absolute Gasteiger partial charge is 0.0645 e. The summed E-state index contributed by atoms with van der Waals surface area (Å²) in [5, 5.41) is 12.2. The fourth-order valence-electron chi connectivity index (χ4n) is 8.56. The number of nitrogens with zero attached hydrogens (tertiary/aromatic N) is 4. The number of aryl methyl sites for hydroxylation is 4. The van der Waals surface area contributed by atoms with Crippen LogP contribution in [0.3, 0.4) is 0 Å². The van der Waals surface area contributed by atoms with Crippen LogP contribution >= 0.6 is 0 Å². The SMILES string of the molecule is Cc1ccc2ccc(C)c(N(c3cccnc3)c3ccc4ccc5c(N(c6cccnc6)c6c(C)ccc7ccc(C)cc67)ccc6ccc3c4c65)c2c1. The molecule has 0 radical (unpaired) electrons. The van der Waals surface area contributed by atoms with E-state index in [0.29, 0.717) is 0 Å². The van der Waals surface area contributed by atoms with Crippen LogP contribution in [0, 0.1) is 27.7 Å². The van der Waals surface area contributed by atoms with Crippen molar-refractivity contribution in [2.45, 2.75) is 27.7 Å². The molecule has 0 atom stereocenters. The van der Waals surface area contributed by atoms with Gasteiger partial charge in [0.1, 0.15) is 0 Å².